The summed E-state index contributed by atoms with van der Waals surface area (Å²) in [5.74, 6) is 0. The number of rotatable bonds is 7. The van der Waals surface area contributed by atoms with E-state index < -0.39 is 0 Å². The molecule has 0 spiro atoms. The van der Waals surface area contributed by atoms with Crippen LogP contribution in [0.15, 0.2) is 0 Å². The summed E-state index contributed by atoms with van der Waals surface area (Å²) in [5.41, 5.74) is 0.291. The molecule has 0 saturated carbocycles. The molecule has 3 heteroatoms. The minimum absolute atomic E-state index is 0.291. The second kappa shape index (κ2) is 7.46. The Bertz CT molecular complexity index is 225. The van der Waals surface area contributed by atoms with Gasteiger partial charge in [-0.1, -0.05) is 20.8 Å². The van der Waals surface area contributed by atoms with E-state index >= 15 is 0 Å². The first kappa shape index (κ1) is 15.9. The second-order valence-corrected chi connectivity index (χ2v) is 6.45. The van der Waals surface area contributed by atoms with E-state index in [4.69, 9.17) is 4.74 Å². The van der Waals surface area contributed by atoms with Gasteiger partial charge in [-0.25, -0.2) is 0 Å². The van der Waals surface area contributed by atoms with Gasteiger partial charge in [0.15, 0.2) is 0 Å². The normalized spacial score (nSPS) is 23.3. The van der Waals surface area contributed by atoms with E-state index in [-0.39, 0.29) is 0 Å². The molecule has 18 heavy (non-hydrogen) atoms. The fourth-order valence-electron chi connectivity index (χ4n) is 2.78. The largest absolute Gasteiger partial charge is 0.377 e. The number of ether oxygens (including phenoxy) is 1. The molecule has 0 aromatic rings. The van der Waals surface area contributed by atoms with Gasteiger partial charge in [0.2, 0.25) is 0 Å². The third-order valence-electron chi connectivity index (χ3n) is 4.15. The smallest absolute Gasteiger partial charge is 0.0701 e. The first-order chi connectivity index (χ1) is 8.45. The summed E-state index contributed by atoms with van der Waals surface area (Å²) in [6.07, 6.45) is 4.25. The Hall–Kier alpha value is -0.120. The molecule has 1 rings (SSSR count). The molecule has 1 aliphatic heterocycles. The van der Waals surface area contributed by atoms with Crippen molar-refractivity contribution in [1.82, 2.24) is 10.2 Å². The van der Waals surface area contributed by atoms with Crippen LogP contribution in [0.5, 0.6) is 0 Å². The maximum atomic E-state index is 5.81. The molecule has 0 aromatic heterocycles. The van der Waals surface area contributed by atoms with Gasteiger partial charge in [-0.2, -0.15) is 0 Å². The second-order valence-electron chi connectivity index (χ2n) is 6.45. The molecular formula is C15H32N2O. The van der Waals surface area contributed by atoms with Gasteiger partial charge in [0.25, 0.3) is 0 Å². The molecule has 0 aliphatic carbocycles. The summed E-state index contributed by atoms with van der Waals surface area (Å²) in [5, 5.41) is 3.54. The Morgan fingerprint density at radius 2 is 2.11 bits per heavy atom. The van der Waals surface area contributed by atoms with Crippen LogP contribution in [0.3, 0.4) is 0 Å². The maximum Gasteiger partial charge on any atom is 0.0701 e. The van der Waals surface area contributed by atoms with Crippen LogP contribution in [0.1, 0.15) is 47.0 Å². The average Bonchev–Trinajstić information content (AvgIpc) is 2.29. The van der Waals surface area contributed by atoms with Crippen LogP contribution in [0, 0.1) is 5.41 Å². The van der Waals surface area contributed by atoms with Crippen molar-refractivity contribution < 1.29 is 4.74 Å². The van der Waals surface area contributed by atoms with Gasteiger partial charge in [0, 0.05) is 25.7 Å². The van der Waals surface area contributed by atoms with Gasteiger partial charge >= 0.3 is 0 Å². The molecule has 0 amide bonds. The van der Waals surface area contributed by atoms with E-state index in [2.05, 4.69) is 45.0 Å². The first-order valence-electron chi connectivity index (χ1n) is 7.49. The lowest BCUT2D eigenvalue weighted by Gasteiger charge is -2.37. The van der Waals surface area contributed by atoms with Crippen LogP contribution in [0.2, 0.25) is 0 Å². The lowest BCUT2D eigenvalue weighted by Crippen LogP contribution is -2.47. The lowest BCUT2D eigenvalue weighted by atomic mass is 9.84. The molecule has 1 saturated heterocycles. The van der Waals surface area contributed by atoms with E-state index in [9.17, 15) is 0 Å². The number of nitrogens with zero attached hydrogens (tertiary/aromatic N) is 1. The molecule has 2 unspecified atom stereocenters. The van der Waals surface area contributed by atoms with E-state index in [0.29, 0.717) is 17.6 Å². The Morgan fingerprint density at radius 1 is 1.39 bits per heavy atom. The van der Waals surface area contributed by atoms with Gasteiger partial charge in [0.05, 0.1) is 6.10 Å². The van der Waals surface area contributed by atoms with Crippen LogP contribution in [0.25, 0.3) is 0 Å². The molecule has 1 aliphatic rings. The first-order valence-corrected chi connectivity index (χ1v) is 7.49. The van der Waals surface area contributed by atoms with Crippen LogP contribution >= 0.6 is 0 Å². The SMILES string of the molecule is CCNC(C)C(C)(C)CN(C)CC1CCCCO1. The highest BCUT2D eigenvalue weighted by Gasteiger charge is 2.27. The molecule has 0 aromatic carbocycles. The fraction of sp³-hybridized carbons (Fsp3) is 1.00. The zero-order valence-corrected chi connectivity index (χ0v) is 13.0. The summed E-state index contributed by atoms with van der Waals surface area (Å²) < 4.78 is 5.81. The van der Waals surface area contributed by atoms with Crippen molar-refractivity contribution >= 4 is 0 Å². The molecule has 108 valence electrons. The lowest BCUT2D eigenvalue weighted by molar-refractivity contribution is -0.00771. The number of likely N-dealkylation sites (N-methyl/N-ethyl adjacent to an activating group) is 1. The minimum Gasteiger partial charge on any atom is -0.377 e. The van der Waals surface area contributed by atoms with Crippen molar-refractivity contribution in [2.24, 2.45) is 5.41 Å². The Kier molecular flexibility index (Phi) is 6.61. The molecule has 1 N–H and O–H groups in total. The molecule has 2 atom stereocenters. The van der Waals surface area contributed by atoms with Crippen LogP contribution in [0.4, 0.5) is 0 Å². The Balaban J connectivity index is 2.34. The monoisotopic (exact) mass is 256 g/mol. The third-order valence-corrected chi connectivity index (χ3v) is 4.15. The number of hydrogen-bond acceptors (Lipinski definition) is 3. The third kappa shape index (κ3) is 5.25. The van der Waals surface area contributed by atoms with E-state index in [0.717, 1.165) is 26.2 Å². The van der Waals surface area contributed by atoms with Gasteiger partial charge in [0.1, 0.15) is 0 Å². The van der Waals surface area contributed by atoms with Crippen molar-refractivity contribution in [2.45, 2.75) is 59.1 Å². The summed E-state index contributed by atoms with van der Waals surface area (Å²) in [4.78, 5) is 2.43. The summed E-state index contributed by atoms with van der Waals surface area (Å²) in [7, 11) is 2.22. The molecule has 0 bridgehead atoms. The van der Waals surface area contributed by atoms with Crippen molar-refractivity contribution in [3.05, 3.63) is 0 Å². The molecule has 0 radical (unpaired) electrons. The number of hydrogen-bond donors (Lipinski definition) is 1. The van der Waals surface area contributed by atoms with E-state index in [1.807, 2.05) is 0 Å². The molecule has 1 heterocycles. The zero-order valence-electron chi connectivity index (χ0n) is 13.0. The van der Waals surface area contributed by atoms with Gasteiger partial charge in [-0.3, -0.25) is 0 Å². The van der Waals surface area contributed by atoms with E-state index in [1.165, 1.54) is 19.3 Å². The molecule has 3 nitrogen and oxygen atoms in total. The maximum absolute atomic E-state index is 5.81. The summed E-state index contributed by atoms with van der Waals surface area (Å²) in [6, 6.07) is 0.539. The standard InChI is InChI=1S/C15H32N2O/c1-6-16-13(2)15(3,4)12-17(5)11-14-9-7-8-10-18-14/h13-14,16H,6-12H2,1-5H3. The van der Waals surface area contributed by atoms with Crippen molar-refractivity contribution in [3.8, 4) is 0 Å². The predicted molar refractivity (Wildman–Crippen MR) is 78.0 cm³/mol. The quantitative estimate of drug-likeness (QED) is 0.757. The van der Waals surface area contributed by atoms with Gasteiger partial charge in [-0.05, 0) is 45.2 Å². The topological polar surface area (TPSA) is 24.5 Å². The van der Waals surface area contributed by atoms with E-state index in [1.54, 1.807) is 0 Å². The Labute approximate surface area is 113 Å². The van der Waals surface area contributed by atoms with Crippen LogP contribution < -0.4 is 5.32 Å². The number of nitrogens with one attached hydrogen (secondary N) is 1. The highest BCUT2D eigenvalue weighted by Crippen LogP contribution is 2.22. The Morgan fingerprint density at radius 3 is 2.67 bits per heavy atom. The fourth-order valence-corrected chi connectivity index (χ4v) is 2.78. The van der Waals surface area contributed by atoms with Crippen molar-refractivity contribution in [1.29, 1.82) is 0 Å². The molecular weight excluding hydrogens is 224 g/mol. The van der Waals surface area contributed by atoms with Crippen LogP contribution in [-0.4, -0.2) is 50.3 Å². The van der Waals surface area contributed by atoms with Crippen molar-refractivity contribution in [2.75, 3.05) is 33.3 Å². The van der Waals surface area contributed by atoms with Crippen molar-refractivity contribution in [3.63, 3.8) is 0 Å². The minimum atomic E-state index is 0.291. The van der Waals surface area contributed by atoms with Crippen LogP contribution in [-0.2, 0) is 4.74 Å². The zero-order chi connectivity index (χ0) is 13.6. The molecule has 1 fully saturated rings. The summed E-state index contributed by atoms with van der Waals surface area (Å²) in [6.45, 7) is 13.3. The van der Waals surface area contributed by atoms with Gasteiger partial charge in [-0.15, -0.1) is 0 Å². The van der Waals surface area contributed by atoms with Gasteiger partial charge < -0.3 is 15.0 Å². The summed E-state index contributed by atoms with van der Waals surface area (Å²) >= 11 is 0. The highest BCUT2D eigenvalue weighted by atomic mass is 16.5. The predicted octanol–water partition coefficient (Wildman–Crippen LogP) is 2.51. The highest BCUT2D eigenvalue weighted by molar-refractivity contribution is 4.83. The average molecular weight is 256 g/mol.